The lowest BCUT2D eigenvalue weighted by molar-refractivity contribution is 0.249. The Morgan fingerprint density at radius 2 is 2.38 bits per heavy atom. The molecule has 86 valence electrons. The minimum atomic E-state index is -0.778. The molecule has 5 nitrogen and oxygen atoms in total. The SMILES string of the molecule is COc1c(F)cc(C=NNC(N)=O)cc1I. The van der Waals surface area contributed by atoms with E-state index in [1.807, 2.05) is 28.0 Å². The number of nitrogens with zero attached hydrogens (tertiary/aromatic N) is 1. The van der Waals surface area contributed by atoms with Crippen LogP contribution in [0.2, 0.25) is 0 Å². The van der Waals surface area contributed by atoms with Crippen LogP contribution >= 0.6 is 22.6 Å². The molecule has 2 amide bonds. The van der Waals surface area contributed by atoms with Crippen LogP contribution in [0.15, 0.2) is 17.2 Å². The number of carbonyl (C=O) groups is 1. The number of hydrogen-bond donors (Lipinski definition) is 2. The van der Waals surface area contributed by atoms with Crippen LogP contribution in [0.3, 0.4) is 0 Å². The first-order valence-electron chi connectivity index (χ1n) is 4.16. The summed E-state index contributed by atoms with van der Waals surface area (Å²) in [7, 11) is 1.39. The molecule has 1 rings (SSSR count). The van der Waals surface area contributed by atoms with Crippen LogP contribution in [0.5, 0.6) is 5.75 Å². The Morgan fingerprint density at radius 1 is 1.69 bits per heavy atom. The van der Waals surface area contributed by atoms with Gasteiger partial charge in [0, 0.05) is 0 Å². The summed E-state index contributed by atoms with van der Waals surface area (Å²) in [5, 5.41) is 3.52. The third-order valence-corrected chi connectivity index (χ3v) is 2.41. The first-order valence-corrected chi connectivity index (χ1v) is 5.24. The highest BCUT2D eigenvalue weighted by Gasteiger charge is 2.08. The minimum Gasteiger partial charge on any atom is -0.493 e. The van der Waals surface area contributed by atoms with Crippen LogP contribution in [-0.4, -0.2) is 19.4 Å². The molecule has 1 aromatic rings. The van der Waals surface area contributed by atoms with Gasteiger partial charge in [0.1, 0.15) is 0 Å². The van der Waals surface area contributed by atoms with Crippen LogP contribution in [0, 0.1) is 9.39 Å². The summed E-state index contributed by atoms with van der Waals surface area (Å²) in [4.78, 5) is 10.3. The molecule has 0 radical (unpaired) electrons. The van der Waals surface area contributed by atoms with Crippen molar-refractivity contribution in [1.29, 1.82) is 0 Å². The zero-order chi connectivity index (χ0) is 12.1. The molecule has 0 saturated carbocycles. The Bertz CT molecular complexity index is 414. The molecule has 0 aliphatic heterocycles. The molecule has 0 spiro atoms. The van der Waals surface area contributed by atoms with Gasteiger partial charge in [0.15, 0.2) is 11.6 Å². The molecule has 0 aliphatic carbocycles. The lowest BCUT2D eigenvalue weighted by Gasteiger charge is -2.05. The van der Waals surface area contributed by atoms with Gasteiger partial charge in [-0.15, -0.1) is 0 Å². The number of nitrogens with two attached hydrogens (primary N) is 1. The Hall–Kier alpha value is -1.38. The predicted octanol–water partition coefficient (Wildman–Crippen LogP) is 1.44. The Labute approximate surface area is 105 Å². The van der Waals surface area contributed by atoms with Crippen LogP contribution < -0.4 is 15.9 Å². The fourth-order valence-electron chi connectivity index (χ4n) is 1.02. The smallest absolute Gasteiger partial charge is 0.332 e. The number of nitrogens with one attached hydrogen (secondary N) is 1. The summed E-state index contributed by atoms with van der Waals surface area (Å²) < 4.78 is 18.9. The lowest BCUT2D eigenvalue weighted by Crippen LogP contribution is -2.24. The Balaban J connectivity index is 2.91. The number of rotatable bonds is 3. The van der Waals surface area contributed by atoms with Gasteiger partial charge in [-0.1, -0.05) is 0 Å². The van der Waals surface area contributed by atoms with Crippen LogP contribution in [0.1, 0.15) is 5.56 Å². The summed E-state index contributed by atoms with van der Waals surface area (Å²) in [6.07, 6.45) is 1.29. The second-order valence-electron chi connectivity index (χ2n) is 2.75. The Morgan fingerprint density at radius 3 is 2.88 bits per heavy atom. The number of ether oxygens (including phenoxy) is 1. The number of benzene rings is 1. The molecule has 0 bridgehead atoms. The zero-order valence-electron chi connectivity index (χ0n) is 8.33. The van der Waals surface area contributed by atoms with E-state index in [0.29, 0.717) is 9.13 Å². The van der Waals surface area contributed by atoms with Crippen molar-refractivity contribution in [3.63, 3.8) is 0 Å². The van der Waals surface area contributed by atoms with E-state index in [4.69, 9.17) is 10.5 Å². The quantitative estimate of drug-likeness (QED) is 0.498. The van der Waals surface area contributed by atoms with Gasteiger partial charge in [-0.25, -0.2) is 14.6 Å². The fourth-order valence-corrected chi connectivity index (χ4v) is 1.86. The van der Waals surface area contributed by atoms with E-state index >= 15 is 0 Å². The summed E-state index contributed by atoms with van der Waals surface area (Å²) in [6, 6.07) is 2.13. The second kappa shape index (κ2) is 5.64. The molecule has 0 atom stereocenters. The summed E-state index contributed by atoms with van der Waals surface area (Å²) in [5.41, 5.74) is 7.31. The van der Waals surface area contributed by atoms with Gasteiger partial charge in [0.25, 0.3) is 0 Å². The molecule has 3 N–H and O–H groups in total. The highest BCUT2D eigenvalue weighted by atomic mass is 127. The monoisotopic (exact) mass is 337 g/mol. The molecule has 0 unspecified atom stereocenters. The number of hydrogen-bond acceptors (Lipinski definition) is 3. The fraction of sp³-hybridized carbons (Fsp3) is 0.111. The average Bonchev–Trinajstić information content (AvgIpc) is 2.16. The van der Waals surface area contributed by atoms with Crippen molar-refractivity contribution in [2.24, 2.45) is 10.8 Å². The van der Waals surface area contributed by atoms with Gasteiger partial charge in [-0.05, 0) is 40.3 Å². The molecule has 0 saturated heterocycles. The van der Waals surface area contributed by atoms with Crippen molar-refractivity contribution in [2.45, 2.75) is 0 Å². The third kappa shape index (κ3) is 3.33. The van der Waals surface area contributed by atoms with E-state index in [0.717, 1.165) is 0 Å². The maximum Gasteiger partial charge on any atom is 0.332 e. The number of carbonyl (C=O) groups excluding carboxylic acids is 1. The van der Waals surface area contributed by atoms with Gasteiger partial charge >= 0.3 is 6.03 Å². The van der Waals surface area contributed by atoms with E-state index in [1.54, 1.807) is 6.07 Å². The lowest BCUT2D eigenvalue weighted by atomic mass is 10.2. The molecule has 0 aliphatic rings. The first-order chi connectivity index (χ1) is 7.54. The molecule has 16 heavy (non-hydrogen) atoms. The maximum absolute atomic E-state index is 13.4. The van der Waals surface area contributed by atoms with Gasteiger partial charge in [0.05, 0.1) is 16.9 Å². The molecular formula is C9H9FIN3O2. The summed E-state index contributed by atoms with van der Waals surface area (Å²) in [6.45, 7) is 0. The Kier molecular flexibility index (Phi) is 4.47. The molecule has 1 aromatic carbocycles. The molecule has 7 heteroatoms. The van der Waals surface area contributed by atoms with Crippen molar-refractivity contribution >= 4 is 34.8 Å². The summed E-state index contributed by atoms with van der Waals surface area (Å²) in [5.74, 6) is -0.310. The normalized spacial score (nSPS) is 10.4. The van der Waals surface area contributed by atoms with E-state index in [1.165, 1.54) is 19.4 Å². The molecular weight excluding hydrogens is 328 g/mol. The number of amides is 2. The second-order valence-corrected chi connectivity index (χ2v) is 3.91. The predicted molar refractivity (Wildman–Crippen MR) is 66.0 cm³/mol. The topological polar surface area (TPSA) is 76.7 Å². The van der Waals surface area contributed by atoms with Crippen LogP contribution in [0.4, 0.5) is 9.18 Å². The largest absolute Gasteiger partial charge is 0.493 e. The van der Waals surface area contributed by atoms with Crippen molar-refractivity contribution in [1.82, 2.24) is 5.43 Å². The molecule has 0 aromatic heterocycles. The van der Waals surface area contributed by atoms with Gasteiger partial charge < -0.3 is 10.5 Å². The maximum atomic E-state index is 13.4. The van der Waals surface area contributed by atoms with Crippen LogP contribution in [-0.2, 0) is 0 Å². The van der Waals surface area contributed by atoms with E-state index < -0.39 is 11.8 Å². The van der Waals surface area contributed by atoms with Gasteiger partial charge in [-0.3, -0.25) is 0 Å². The first kappa shape index (κ1) is 12.7. The third-order valence-electron chi connectivity index (χ3n) is 1.61. The van der Waals surface area contributed by atoms with Crippen molar-refractivity contribution < 1.29 is 13.9 Å². The van der Waals surface area contributed by atoms with E-state index in [2.05, 4.69) is 5.10 Å². The highest BCUT2D eigenvalue weighted by Crippen LogP contribution is 2.25. The van der Waals surface area contributed by atoms with Crippen molar-refractivity contribution in [3.8, 4) is 5.75 Å². The highest BCUT2D eigenvalue weighted by molar-refractivity contribution is 14.1. The standard InChI is InChI=1S/C9H9FIN3O2/c1-16-8-6(10)2-5(3-7(8)11)4-13-14-9(12)15/h2-4H,1H3,(H3,12,14,15). The zero-order valence-corrected chi connectivity index (χ0v) is 10.5. The summed E-state index contributed by atoms with van der Waals surface area (Å²) >= 11 is 1.94. The number of hydrazone groups is 1. The van der Waals surface area contributed by atoms with Crippen LogP contribution in [0.25, 0.3) is 0 Å². The number of urea groups is 1. The molecule has 0 heterocycles. The van der Waals surface area contributed by atoms with E-state index in [9.17, 15) is 9.18 Å². The van der Waals surface area contributed by atoms with Crippen molar-refractivity contribution in [3.05, 3.63) is 27.1 Å². The van der Waals surface area contributed by atoms with Gasteiger partial charge in [-0.2, -0.15) is 5.10 Å². The number of halogens is 2. The number of methoxy groups -OCH3 is 1. The van der Waals surface area contributed by atoms with E-state index in [-0.39, 0.29) is 5.75 Å². The molecule has 0 fully saturated rings. The minimum absolute atomic E-state index is 0.181. The van der Waals surface area contributed by atoms with Crippen molar-refractivity contribution in [2.75, 3.05) is 7.11 Å². The van der Waals surface area contributed by atoms with Gasteiger partial charge in [0.2, 0.25) is 0 Å². The number of primary amides is 1. The average molecular weight is 337 g/mol.